The summed E-state index contributed by atoms with van der Waals surface area (Å²) in [6, 6.07) is 3.57. The Morgan fingerprint density at radius 2 is 2.00 bits per heavy atom. The summed E-state index contributed by atoms with van der Waals surface area (Å²) < 4.78 is 10.4. The van der Waals surface area contributed by atoms with Crippen LogP contribution < -0.4 is 10.1 Å². The Kier molecular flexibility index (Phi) is 3.31. The van der Waals surface area contributed by atoms with Gasteiger partial charge in [-0.3, -0.25) is 0 Å². The van der Waals surface area contributed by atoms with Crippen molar-refractivity contribution < 1.29 is 9.47 Å². The molecule has 16 heavy (non-hydrogen) atoms. The van der Waals surface area contributed by atoms with E-state index in [0.29, 0.717) is 29.0 Å². The van der Waals surface area contributed by atoms with Crippen LogP contribution in [0.3, 0.4) is 0 Å². The Morgan fingerprint density at radius 3 is 2.44 bits per heavy atom. The van der Waals surface area contributed by atoms with E-state index in [0.717, 1.165) is 5.56 Å². The fraction of sp³-hybridized carbons (Fsp3) is 0.455. The molecule has 1 N–H and O–H groups in total. The molecule has 1 fully saturated rings. The zero-order valence-corrected chi connectivity index (χ0v) is 10.7. The Bertz CT molecular complexity index is 400. The number of halogens is 2. The van der Waals surface area contributed by atoms with Crippen molar-refractivity contribution in [2.24, 2.45) is 0 Å². The van der Waals surface area contributed by atoms with E-state index in [2.05, 4.69) is 5.32 Å². The molecule has 88 valence electrons. The molecule has 0 atom stereocenters. The van der Waals surface area contributed by atoms with Crippen molar-refractivity contribution in [2.45, 2.75) is 5.54 Å². The minimum Gasteiger partial charge on any atom is -0.495 e. The van der Waals surface area contributed by atoms with Gasteiger partial charge in [0.15, 0.2) is 0 Å². The first-order valence-electron chi connectivity index (χ1n) is 4.93. The molecule has 0 spiro atoms. The predicted octanol–water partition coefficient (Wildman–Crippen LogP) is 2.45. The molecule has 1 aliphatic rings. The van der Waals surface area contributed by atoms with Crippen LogP contribution in [0.15, 0.2) is 12.1 Å². The molecule has 0 radical (unpaired) electrons. The van der Waals surface area contributed by atoms with Crippen molar-refractivity contribution in [2.75, 3.05) is 27.4 Å². The first-order chi connectivity index (χ1) is 7.63. The summed E-state index contributed by atoms with van der Waals surface area (Å²) in [5.41, 5.74) is 0.737. The second kappa shape index (κ2) is 4.41. The molecular weight excluding hydrogens is 249 g/mol. The molecule has 0 amide bonds. The van der Waals surface area contributed by atoms with Gasteiger partial charge in [-0.1, -0.05) is 23.2 Å². The number of rotatable bonds is 3. The summed E-state index contributed by atoms with van der Waals surface area (Å²) in [5.74, 6) is 0.585. The van der Waals surface area contributed by atoms with Crippen molar-refractivity contribution in [1.29, 1.82) is 0 Å². The van der Waals surface area contributed by atoms with Gasteiger partial charge in [0.2, 0.25) is 0 Å². The smallest absolute Gasteiger partial charge is 0.138 e. The van der Waals surface area contributed by atoms with Crippen LogP contribution in [-0.2, 0) is 10.3 Å². The minimum absolute atomic E-state index is 0.215. The van der Waals surface area contributed by atoms with Crippen LogP contribution in [0.1, 0.15) is 5.56 Å². The molecule has 0 saturated carbocycles. The summed E-state index contributed by atoms with van der Waals surface area (Å²) >= 11 is 12.3. The second-order valence-electron chi connectivity index (χ2n) is 3.79. The third-order valence-corrected chi connectivity index (χ3v) is 3.54. The summed E-state index contributed by atoms with van der Waals surface area (Å²) in [5, 5.41) is 4.42. The molecular formula is C11H13Cl2NO2. The quantitative estimate of drug-likeness (QED) is 0.907. The number of likely N-dealkylation sites (N-methyl/N-ethyl adjacent to an activating group) is 1. The number of hydrogen-bond donors (Lipinski definition) is 1. The van der Waals surface area contributed by atoms with E-state index in [9.17, 15) is 0 Å². The van der Waals surface area contributed by atoms with E-state index in [4.69, 9.17) is 32.7 Å². The lowest BCUT2D eigenvalue weighted by atomic mass is 9.88. The van der Waals surface area contributed by atoms with Crippen LogP contribution in [0.25, 0.3) is 0 Å². The van der Waals surface area contributed by atoms with E-state index in [1.807, 2.05) is 13.1 Å². The first-order valence-corrected chi connectivity index (χ1v) is 5.69. The second-order valence-corrected chi connectivity index (χ2v) is 4.61. The SMILES string of the molecule is CNC1(c2cc(Cl)c(OC)cc2Cl)COC1. The molecule has 3 nitrogen and oxygen atoms in total. The maximum Gasteiger partial charge on any atom is 0.138 e. The van der Waals surface area contributed by atoms with Gasteiger partial charge in [0.05, 0.1) is 30.9 Å². The Balaban J connectivity index is 2.45. The molecule has 1 saturated heterocycles. The molecule has 0 aliphatic carbocycles. The zero-order valence-electron chi connectivity index (χ0n) is 9.14. The van der Waals surface area contributed by atoms with Crippen molar-refractivity contribution in [3.05, 3.63) is 27.7 Å². The van der Waals surface area contributed by atoms with E-state index < -0.39 is 0 Å². The van der Waals surface area contributed by atoms with Crippen LogP contribution in [0, 0.1) is 0 Å². The zero-order chi connectivity index (χ0) is 11.8. The molecule has 1 heterocycles. The highest BCUT2D eigenvalue weighted by Crippen LogP contribution is 2.39. The summed E-state index contributed by atoms with van der Waals surface area (Å²) in [6.45, 7) is 1.21. The number of nitrogens with one attached hydrogen (secondary N) is 1. The lowest BCUT2D eigenvalue weighted by Gasteiger charge is -2.42. The van der Waals surface area contributed by atoms with E-state index in [-0.39, 0.29) is 5.54 Å². The van der Waals surface area contributed by atoms with Crippen LogP contribution in [0.4, 0.5) is 0 Å². The molecule has 1 aliphatic heterocycles. The average molecular weight is 262 g/mol. The van der Waals surface area contributed by atoms with Crippen molar-refractivity contribution in [3.63, 3.8) is 0 Å². The fourth-order valence-corrected chi connectivity index (χ4v) is 2.37. The van der Waals surface area contributed by atoms with Gasteiger partial charge in [-0.2, -0.15) is 0 Å². The van der Waals surface area contributed by atoms with Gasteiger partial charge in [-0.25, -0.2) is 0 Å². The van der Waals surface area contributed by atoms with Crippen molar-refractivity contribution >= 4 is 23.2 Å². The molecule has 0 bridgehead atoms. The Labute approximate surface area is 105 Å². The summed E-state index contributed by atoms with van der Waals surface area (Å²) in [6.07, 6.45) is 0. The number of ether oxygens (including phenoxy) is 2. The van der Waals surface area contributed by atoms with Crippen molar-refractivity contribution in [1.82, 2.24) is 5.32 Å². The average Bonchev–Trinajstić information content (AvgIpc) is 2.22. The third-order valence-electron chi connectivity index (χ3n) is 2.93. The fourth-order valence-electron chi connectivity index (χ4n) is 1.79. The highest BCUT2D eigenvalue weighted by atomic mass is 35.5. The van der Waals surface area contributed by atoms with Crippen LogP contribution in [0.5, 0.6) is 5.75 Å². The Morgan fingerprint density at radius 1 is 1.31 bits per heavy atom. The lowest BCUT2D eigenvalue weighted by Crippen LogP contribution is -2.56. The summed E-state index contributed by atoms with van der Waals surface area (Å²) in [4.78, 5) is 0. The molecule has 0 unspecified atom stereocenters. The molecule has 5 heteroatoms. The Hall–Kier alpha value is -0.480. The number of hydrogen-bond acceptors (Lipinski definition) is 3. The maximum atomic E-state index is 6.22. The molecule has 2 rings (SSSR count). The predicted molar refractivity (Wildman–Crippen MR) is 64.6 cm³/mol. The standard InChI is InChI=1S/C11H13Cl2NO2/c1-14-11(5-16-6-11)7-3-9(13)10(15-2)4-8(7)12/h3-4,14H,5-6H2,1-2H3. The van der Waals surface area contributed by atoms with Gasteiger partial charge < -0.3 is 14.8 Å². The summed E-state index contributed by atoms with van der Waals surface area (Å²) in [7, 11) is 3.45. The van der Waals surface area contributed by atoms with Gasteiger partial charge in [-0.05, 0) is 18.7 Å². The minimum atomic E-state index is -0.215. The highest BCUT2D eigenvalue weighted by Gasteiger charge is 2.40. The number of benzene rings is 1. The largest absolute Gasteiger partial charge is 0.495 e. The monoisotopic (exact) mass is 261 g/mol. The first kappa shape index (κ1) is 12.0. The van der Waals surface area contributed by atoms with Gasteiger partial charge in [0, 0.05) is 11.1 Å². The maximum absolute atomic E-state index is 6.22. The van der Waals surface area contributed by atoms with Crippen LogP contribution in [0.2, 0.25) is 10.0 Å². The molecule has 1 aromatic carbocycles. The molecule has 1 aromatic rings. The third kappa shape index (κ3) is 1.78. The lowest BCUT2D eigenvalue weighted by molar-refractivity contribution is -0.0747. The van der Waals surface area contributed by atoms with Gasteiger partial charge in [-0.15, -0.1) is 0 Å². The van der Waals surface area contributed by atoms with Gasteiger partial charge >= 0.3 is 0 Å². The van der Waals surface area contributed by atoms with Crippen LogP contribution in [-0.4, -0.2) is 27.4 Å². The van der Waals surface area contributed by atoms with E-state index in [1.165, 1.54) is 0 Å². The topological polar surface area (TPSA) is 30.5 Å². The van der Waals surface area contributed by atoms with Gasteiger partial charge in [0.1, 0.15) is 5.75 Å². The number of methoxy groups -OCH3 is 1. The highest BCUT2D eigenvalue weighted by molar-refractivity contribution is 6.34. The van der Waals surface area contributed by atoms with E-state index in [1.54, 1.807) is 13.2 Å². The van der Waals surface area contributed by atoms with Gasteiger partial charge in [0.25, 0.3) is 0 Å². The normalized spacial score (nSPS) is 18.0. The van der Waals surface area contributed by atoms with Crippen molar-refractivity contribution in [3.8, 4) is 5.75 Å². The molecule has 0 aromatic heterocycles. The van der Waals surface area contributed by atoms with E-state index >= 15 is 0 Å². The van der Waals surface area contributed by atoms with Crippen LogP contribution >= 0.6 is 23.2 Å².